The van der Waals surface area contributed by atoms with Crippen LogP contribution in [0.1, 0.15) is 71.5 Å². The van der Waals surface area contributed by atoms with Crippen LogP contribution in [0, 0.1) is 0 Å². The van der Waals surface area contributed by atoms with Gasteiger partial charge >= 0.3 is 5.97 Å². The standard InChI is InChI=1S/C31H36N2O4/c1-22(2)32(20-25-15-13-24(14-16-25)17-18-29(34)35)31(37)28-12-8-9-26(19-28)21-33(23(3)4)30(36)27-10-6-5-7-11-27/h5-16,19,22-23H,17-18,20-21H2,1-4H3,(H,34,35). The number of amides is 2. The fourth-order valence-corrected chi connectivity index (χ4v) is 4.15. The Morgan fingerprint density at radius 3 is 1.73 bits per heavy atom. The van der Waals surface area contributed by atoms with Crippen LogP contribution in [-0.2, 0) is 24.3 Å². The summed E-state index contributed by atoms with van der Waals surface area (Å²) in [5.41, 5.74) is 4.07. The summed E-state index contributed by atoms with van der Waals surface area (Å²) >= 11 is 0. The van der Waals surface area contributed by atoms with E-state index in [2.05, 4.69) is 0 Å². The van der Waals surface area contributed by atoms with E-state index in [-0.39, 0.29) is 30.3 Å². The maximum atomic E-state index is 13.5. The third-order valence-electron chi connectivity index (χ3n) is 6.32. The van der Waals surface area contributed by atoms with Crippen molar-refractivity contribution < 1.29 is 19.5 Å². The van der Waals surface area contributed by atoms with Gasteiger partial charge in [-0.05, 0) is 75.1 Å². The van der Waals surface area contributed by atoms with E-state index in [4.69, 9.17) is 5.11 Å². The number of carboxylic acid groups (broad SMARTS) is 1. The number of carbonyl (C=O) groups is 3. The summed E-state index contributed by atoms with van der Waals surface area (Å²) in [4.78, 5) is 41.1. The van der Waals surface area contributed by atoms with Crippen molar-refractivity contribution in [2.45, 2.75) is 65.7 Å². The van der Waals surface area contributed by atoms with Gasteiger partial charge in [0.15, 0.2) is 0 Å². The second kappa shape index (κ2) is 12.9. The first kappa shape index (κ1) is 27.7. The van der Waals surface area contributed by atoms with E-state index in [1.54, 1.807) is 0 Å². The van der Waals surface area contributed by atoms with Crippen LogP contribution in [-0.4, -0.2) is 44.8 Å². The highest BCUT2D eigenvalue weighted by Gasteiger charge is 2.22. The van der Waals surface area contributed by atoms with E-state index < -0.39 is 5.97 Å². The fourth-order valence-electron chi connectivity index (χ4n) is 4.15. The van der Waals surface area contributed by atoms with Crippen molar-refractivity contribution in [3.8, 4) is 0 Å². The first-order valence-corrected chi connectivity index (χ1v) is 12.7. The number of aryl methyl sites for hydroxylation is 1. The molecular weight excluding hydrogens is 464 g/mol. The molecule has 0 unspecified atom stereocenters. The molecule has 0 bridgehead atoms. The summed E-state index contributed by atoms with van der Waals surface area (Å²) < 4.78 is 0. The third kappa shape index (κ3) is 7.78. The minimum absolute atomic E-state index is 0.00213. The van der Waals surface area contributed by atoms with E-state index in [1.807, 2.05) is 116 Å². The monoisotopic (exact) mass is 500 g/mol. The third-order valence-corrected chi connectivity index (χ3v) is 6.32. The van der Waals surface area contributed by atoms with E-state index in [9.17, 15) is 14.4 Å². The van der Waals surface area contributed by atoms with Gasteiger partial charge in [-0.1, -0.05) is 54.6 Å². The number of nitrogens with zero attached hydrogens (tertiary/aromatic N) is 2. The zero-order valence-electron chi connectivity index (χ0n) is 22.1. The molecule has 0 aliphatic rings. The molecular formula is C31H36N2O4. The normalized spacial score (nSPS) is 11.0. The molecule has 194 valence electrons. The molecule has 0 aliphatic heterocycles. The van der Waals surface area contributed by atoms with Crippen LogP contribution in [0.25, 0.3) is 0 Å². The molecule has 1 N–H and O–H groups in total. The van der Waals surface area contributed by atoms with Crippen molar-refractivity contribution >= 4 is 17.8 Å². The molecule has 0 heterocycles. The lowest BCUT2D eigenvalue weighted by Gasteiger charge is -2.29. The number of carboxylic acids is 1. The highest BCUT2D eigenvalue weighted by atomic mass is 16.4. The highest BCUT2D eigenvalue weighted by Crippen LogP contribution is 2.18. The topological polar surface area (TPSA) is 77.9 Å². The van der Waals surface area contributed by atoms with Gasteiger partial charge in [0.2, 0.25) is 0 Å². The Hall–Kier alpha value is -3.93. The van der Waals surface area contributed by atoms with Crippen molar-refractivity contribution in [2.75, 3.05) is 0 Å². The van der Waals surface area contributed by atoms with E-state index in [1.165, 1.54) is 0 Å². The number of rotatable bonds is 11. The zero-order chi connectivity index (χ0) is 26.9. The fraction of sp³-hybridized carbons (Fsp3) is 0.323. The van der Waals surface area contributed by atoms with Crippen LogP contribution in [0.4, 0.5) is 0 Å². The van der Waals surface area contributed by atoms with Crippen LogP contribution in [0.5, 0.6) is 0 Å². The Bertz CT molecular complexity index is 1200. The minimum atomic E-state index is -0.816. The smallest absolute Gasteiger partial charge is 0.303 e. The molecule has 0 atom stereocenters. The summed E-state index contributed by atoms with van der Waals surface area (Å²) in [6.45, 7) is 8.81. The van der Waals surface area contributed by atoms with Crippen LogP contribution in [0.3, 0.4) is 0 Å². The minimum Gasteiger partial charge on any atom is -0.481 e. The van der Waals surface area contributed by atoms with Crippen molar-refractivity contribution in [3.63, 3.8) is 0 Å². The van der Waals surface area contributed by atoms with Gasteiger partial charge in [0.1, 0.15) is 0 Å². The lowest BCUT2D eigenvalue weighted by Crippen LogP contribution is -2.37. The quantitative estimate of drug-likeness (QED) is 0.361. The molecule has 37 heavy (non-hydrogen) atoms. The van der Waals surface area contributed by atoms with Gasteiger partial charge in [-0.15, -0.1) is 0 Å². The molecule has 6 nitrogen and oxygen atoms in total. The van der Waals surface area contributed by atoms with Gasteiger partial charge in [0, 0.05) is 42.7 Å². The Balaban J connectivity index is 1.75. The maximum absolute atomic E-state index is 13.5. The van der Waals surface area contributed by atoms with Crippen molar-refractivity contribution in [3.05, 3.63) is 107 Å². The molecule has 2 amide bonds. The largest absolute Gasteiger partial charge is 0.481 e. The molecule has 3 aromatic carbocycles. The number of hydrogen-bond acceptors (Lipinski definition) is 3. The van der Waals surface area contributed by atoms with Gasteiger partial charge in [-0.25, -0.2) is 0 Å². The number of aliphatic carboxylic acids is 1. The van der Waals surface area contributed by atoms with Gasteiger partial charge < -0.3 is 14.9 Å². The number of carbonyl (C=O) groups excluding carboxylic acids is 2. The Morgan fingerprint density at radius 2 is 1.16 bits per heavy atom. The van der Waals surface area contributed by atoms with Gasteiger partial charge in [0.05, 0.1) is 0 Å². The first-order chi connectivity index (χ1) is 17.7. The molecule has 0 aliphatic carbocycles. The molecule has 0 spiro atoms. The Kier molecular flexibility index (Phi) is 9.61. The van der Waals surface area contributed by atoms with Crippen LogP contribution in [0.2, 0.25) is 0 Å². The average Bonchev–Trinajstić information content (AvgIpc) is 2.89. The Morgan fingerprint density at radius 1 is 0.649 bits per heavy atom. The molecule has 0 saturated heterocycles. The summed E-state index contributed by atoms with van der Waals surface area (Å²) in [7, 11) is 0. The lowest BCUT2D eigenvalue weighted by atomic mass is 10.0. The van der Waals surface area contributed by atoms with Crippen molar-refractivity contribution in [1.29, 1.82) is 0 Å². The van der Waals surface area contributed by atoms with Crippen LogP contribution >= 0.6 is 0 Å². The molecule has 6 heteroatoms. The second-order valence-corrected chi connectivity index (χ2v) is 9.83. The summed E-state index contributed by atoms with van der Waals surface area (Å²) in [6, 6.07) is 24.5. The average molecular weight is 501 g/mol. The van der Waals surface area contributed by atoms with Crippen LogP contribution in [0.15, 0.2) is 78.9 Å². The van der Waals surface area contributed by atoms with Crippen molar-refractivity contribution in [1.82, 2.24) is 9.80 Å². The maximum Gasteiger partial charge on any atom is 0.303 e. The second-order valence-electron chi connectivity index (χ2n) is 9.83. The molecule has 0 fully saturated rings. The number of benzene rings is 3. The summed E-state index contributed by atoms with van der Waals surface area (Å²) in [6.07, 6.45) is 0.576. The van der Waals surface area contributed by atoms with Gasteiger partial charge in [-0.3, -0.25) is 14.4 Å². The molecule has 3 aromatic rings. The van der Waals surface area contributed by atoms with E-state index >= 15 is 0 Å². The predicted molar refractivity (Wildman–Crippen MR) is 145 cm³/mol. The predicted octanol–water partition coefficient (Wildman–Crippen LogP) is 5.81. The molecule has 0 radical (unpaired) electrons. The van der Waals surface area contributed by atoms with Crippen LogP contribution < -0.4 is 0 Å². The van der Waals surface area contributed by atoms with Gasteiger partial charge in [-0.2, -0.15) is 0 Å². The summed E-state index contributed by atoms with van der Waals surface area (Å²) in [5.74, 6) is -0.927. The molecule has 0 saturated carbocycles. The van der Waals surface area contributed by atoms with Crippen molar-refractivity contribution in [2.24, 2.45) is 0 Å². The lowest BCUT2D eigenvalue weighted by molar-refractivity contribution is -0.136. The van der Waals surface area contributed by atoms with E-state index in [0.29, 0.717) is 30.6 Å². The first-order valence-electron chi connectivity index (χ1n) is 12.7. The highest BCUT2D eigenvalue weighted by molar-refractivity contribution is 5.95. The summed E-state index contributed by atoms with van der Waals surface area (Å²) in [5, 5.41) is 8.89. The van der Waals surface area contributed by atoms with Gasteiger partial charge in [0.25, 0.3) is 11.8 Å². The van der Waals surface area contributed by atoms with E-state index in [0.717, 1.165) is 16.7 Å². The molecule has 3 rings (SSSR count). The zero-order valence-corrected chi connectivity index (χ0v) is 22.1. The number of hydrogen-bond donors (Lipinski definition) is 1. The Labute approximate surface area is 219 Å². The SMILES string of the molecule is CC(C)N(Cc1cccc(C(=O)N(Cc2ccc(CCC(=O)O)cc2)C(C)C)c1)C(=O)c1ccccc1. The molecule has 0 aromatic heterocycles.